The summed E-state index contributed by atoms with van der Waals surface area (Å²) in [4.78, 5) is 26.1. The van der Waals surface area contributed by atoms with Crippen molar-refractivity contribution in [2.75, 3.05) is 16.8 Å². The number of carbonyl (C=O) groups excluding carboxylic acids is 2. The number of aryl methyl sites for hydroxylation is 1. The van der Waals surface area contributed by atoms with Gasteiger partial charge in [0, 0.05) is 42.3 Å². The lowest BCUT2D eigenvalue weighted by Crippen LogP contribution is -2.23. The van der Waals surface area contributed by atoms with Crippen LogP contribution >= 0.6 is 0 Å². The molecule has 1 saturated heterocycles. The van der Waals surface area contributed by atoms with Gasteiger partial charge in [0.2, 0.25) is 5.91 Å². The normalized spacial score (nSPS) is 14.3. The molecule has 2 amide bonds. The summed E-state index contributed by atoms with van der Waals surface area (Å²) < 4.78 is 2.12. The first-order valence-corrected chi connectivity index (χ1v) is 8.39. The summed E-state index contributed by atoms with van der Waals surface area (Å²) in [5, 5.41) is 2.94. The Morgan fingerprint density at radius 2 is 1.92 bits per heavy atom. The molecule has 1 aromatic heterocycles. The number of anilines is 2. The summed E-state index contributed by atoms with van der Waals surface area (Å²) in [5.41, 5.74) is 4.39. The monoisotopic (exact) mass is 325 g/mol. The Morgan fingerprint density at radius 3 is 2.46 bits per heavy atom. The predicted molar refractivity (Wildman–Crippen MR) is 95.6 cm³/mol. The summed E-state index contributed by atoms with van der Waals surface area (Å²) in [6, 6.07) is 9.38. The molecule has 0 saturated carbocycles. The topological polar surface area (TPSA) is 54.3 Å². The van der Waals surface area contributed by atoms with Crippen molar-refractivity contribution in [1.82, 2.24) is 4.57 Å². The van der Waals surface area contributed by atoms with Crippen molar-refractivity contribution in [1.29, 1.82) is 0 Å². The standard InChI is InChI=1S/C19H23N3O2/c1-4-21-13(2)12-17(14(21)3)19(24)20-15-7-9-16(10-8-15)22-11-5-6-18(22)23/h7-10,12H,4-6,11H2,1-3H3,(H,20,24). The highest BCUT2D eigenvalue weighted by Gasteiger charge is 2.21. The molecule has 0 radical (unpaired) electrons. The lowest BCUT2D eigenvalue weighted by molar-refractivity contribution is -0.117. The van der Waals surface area contributed by atoms with Gasteiger partial charge in [-0.2, -0.15) is 0 Å². The van der Waals surface area contributed by atoms with Crippen LogP contribution in [0.15, 0.2) is 30.3 Å². The van der Waals surface area contributed by atoms with Gasteiger partial charge in [0.05, 0.1) is 5.56 Å². The molecule has 1 N–H and O–H groups in total. The van der Waals surface area contributed by atoms with Crippen LogP contribution in [0.4, 0.5) is 11.4 Å². The Labute approximate surface area is 142 Å². The molecule has 2 heterocycles. The molecule has 24 heavy (non-hydrogen) atoms. The molecular formula is C19H23N3O2. The number of hydrogen-bond donors (Lipinski definition) is 1. The molecule has 1 fully saturated rings. The van der Waals surface area contributed by atoms with Crippen LogP contribution < -0.4 is 10.2 Å². The summed E-state index contributed by atoms with van der Waals surface area (Å²) in [6.45, 7) is 7.67. The number of hydrogen-bond acceptors (Lipinski definition) is 2. The van der Waals surface area contributed by atoms with Gasteiger partial charge >= 0.3 is 0 Å². The maximum Gasteiger partial charge on any atom is 0.257 e. The third-order valence-corrected chi connectivity index (χ3v) is 4.64. The van der Waals surface area contributed by atoms with Crippen molar-refractivity contribution < 1.29 is 9.59 Å². The van der Waals surface area contributed by atoms with Gasteiger partial charge in [-0.05, 0) is 57.5 Å². The Morgan fingerprint density at radius 1 is 1.21 bits per heavy atom. The first-order valence-electron chi connectivity index (χ1n) is 8.39. The lowest BCUT2D eigenvalue weighted by Gasteiger charge is -2.16. The molecule has 0 aliphatic carbocycles. The number of carbonyl (C=O) groups is 2. The van der Waals surface area contributed by atoms with Crippen LogP contribution in [0.25, 0.3) is 0 Å². The van der Waals surface area contributed by atoms with E-state index in [1.807, 2.05) is 44.2 Å². The number of rotatable bonds is 4. The van der Waals surface area contributed by atoms with Gasteiger partial charge in [-0.25, -0.2) is 0 Å². The molecule has 5 nitrogen and oxygen atoms in total. The summed E-state index contributed by atoms with van der Waals surface area (Å²) in [6.07, 6.45) is 1.52. The van der Waals surface area contributed by atoms with Crippen molar-refractivity contribution >= 4 is 23.2 Å². The summed E-state index contributed by atoms with van der Waals surface area (Å²) in [5.74, 6) is 0.0617. The van der Waals surface area contributed by atoms with Gasteiger partial charge in [-0.15, -0.1) is 0 Å². The Balaban J connectivity index is 1.74. The van der Waals surface area contributed by atoms with E-state index in [2.05, 4.69) is 16.8 Å². The van der Waals surface area contributed by atoms with Crippen LogP contribution in [-0.2, 0) is 11.3 Å². The largest absolute Gasteiger partial charge is 0.349 e. The molecule has 0 bridgehead atoms. The van der Waals surface area contributed by atoms with Crippen molar-refractivity contribution in [3.05, 3.63) is 47.3 Å². The second-order valence-corrected chi connectivity index (χ2v) is 6.18. The SMILES string of the molecule is CCn1c(C)cc(C(=O)Nc2ccc(N3CCCC3=O)cc2)c1C. The van der Waals surface area contributed by atoms with Crippen molar-refractivity contribution in [3.63, 3.8) is 0 Å². The molecule has 0 unspecified atom stereocenters. The van der Waals surface area contributed by atoms with E-state index in [-0.39, 0.29) is 11.8 Å². The van der Waals surface area contributed by atoms with Crippen LogP contribution in [0, 0.1) is 13.8 Å². The first-order chi connectivity index (χ1) is 11.5. The molecule has 0 spiro atoms. The van der Waals surface area contributed by atoms with E-state index in [9.17, 15) is 9.59 Å². The van der Waals surface area contributed by atoms with Gasteiger partial charge < -0.3 is 14.8 Å². The Hall–Kier alpha value is -2.56. The van der Waals surface area contributed by atoms with Crippen molar-refractivity contribution in [3.8, 4) is 0 Å². The van der Waals surface area contributed by atoms with Crippen LogP contribution in [0.2, 0.25) is 0 Å². The van der Waals surface area contributed by atoms with Gasteiger partial charge in [0.15, 0.2) is 0 Å². The van der Waals surface area contributed by atoms with Crippen LogP contribution in [0.1, 0.15) is 41.5 Å². The van der Waals surface area contributed by atoms with Gasteiger partial charge in [0.25, 0.3) is 5.91 Å². The molecule has 126 valence electrons. The zero-order valence-corrected chi connectivity index (χ0v) is 14.4. The van der Waals surface area contributed by atoms with Crippen LogP contribution in [-0.4, -0.2) is 22.9 Å². The first kappa shape index (κ1) is 16.3. The minimum atomic E-state index is -0.104. The molecule has 1 aliphatic heterocycles. The van der Waals surface area contributed by atoms with Crippen LogP contribution in [0.3, 0.4) is 0 Å². The fourth-order valence-electron chi connectivity index (χ4n) is 3.36. The maximum atomic E-state index is 12.5. The predicted octanol–water partition coefficient (Wildman–Crippen LogP) is 3.50. The third kappa shape index (κ3) is 2.94. The highest BCUT2D eigenvalue weighted by molar-refractivity contribution is 6.05. The van der Waals surface area contributed by atoms with E-state index < -0.39 is 0 Å². The number of benzene rings is 1. The van der Waals surface area contributed by atoms with Crippen molar-refractivity contribution in [2.45, 2.75) is 40.2 Å². The smallest absolute Gasteiger partial charge is 0.257 e. The second-order valence-electron chi connectivity index (χ2n) is 6.18. The highest BCUT2D eigenvalue weighted by atomic mass is 16.2. The number of nitrogens with one attached hydrogen (secondary N) is 1. The molecule has 3 rings (SSSR count). The quantitative estimate of drug-likeness (QED) is 0.935. The van der Waals surface area contributed by atoms with E-state index >= 15 is 0 Å². The minimum absolute atomic E-state index is 0.104. The summed E-state index contributed by atoms with van der Waals surface area (Å²) >= 11 is 0. The van der Waals surface area contributed by atoms with Gasteiger partial charge in [0.1, 0.15) is 0 Å². The lowest BCUT2D eigenvalue weighted by atomic mass is 10.2. The van der Waals surface area contributed by atoms with E-state index in [1.165, 1.54) is 0 Å². The van der Waals surface area contributed by atoms with Crippen molar-refractivity contribution in [2.24, 2.45) is 0 Å². The molecule has 0 atom stereocenters. The molecule has 1 aromatic carbocycles. The fourth-order valence-corrected chi connectivity index (χ4v) is 3.36. The minimum Gasteiger partial charge on any atom is -0.349 e. The average molecular weight is 325 g/mol. The number of amides is 2. The zero-order chi connectivity index (χ0) is 17.3. The number of aromatic nitrogens is 1. The zero-order valence-electron chi connectivity index (χ0n) is 14.4. The van der Waals surface area contributed by atoms with E-state index in [1.54, 1.807) is 4.90 Å². The molecular weight excluding hydrogens is 302 g/mol. The maximum absolute atomic E-state index is 12.5. The molecule has 1 aliphatic rings. The van der Waals surface area contributed by atoms with Crippen LogP contribution in [0.5, 0.6) is 0 Å². The Bertz CT molecular complexity index is 775. The second kappa shape index (κ2) is 6.51. The fraction of sp³-hybridized carbons (Fsp3) is 0.368. The van der Waals surface area contributed by atoms with Gasteiger partial charge in [-0.3, -0.25) is 9.59 Å². The average Bonchev–Trinajstić information content (AvgIpc) is 3.11. The van der Waals surface area contributed by atoms with Gasteiger partial charge in [-0.1, -0.05) is 0 Å². The number of nitrogens with zero attached hydrogens (tertiary/aromatic N) is 2. The highest BCUT2D eigenvalue weighted by Crippen LogP contribution is 2.24. The van der Waals surface area contributed by atoms with E-state index in [0.717, 1.165) is 42.3 Å². The summed E-state index contributed by atoms with van der Waals surface area (Å²) in [7, 11) is 0. The Kier molecular flexibility index (Phi) is 4.42. The van der Waals surface area contributed by atoms with E-state index in [0.29, 0.717) is 12.0 Å². The van der Waals surface area contributed by atoms with E-state index in [4.69, 9.17) is 0 Å². The third-order valence-electron chi connectivity index (χ3n) is 4.64. The molecule has 5 heteroatoms. The molecule has 2 aromatic rings.